The van der Waals surface area contributed by atoms with Crippen LogP contribution < -0.4 is 5.73 Å². The number of nitrogens with zero attached hydrogens (tertiary/aromatic N) is 6. The zero-order valence-corrected chi connectivity index (χ0v) is 24.0. The van der Waals surface area contributed by atoms with Crippen LogP contribution in [-0.2, 0) is 21.3 Å². The van der Waals surface area contributed by atoms with E-state index in [0.717, 1.165) is 48.1 Å². The highest BCUT2D eigenvalue weighted by atomic mass is 16.6. The lowest BCUT2D eigenvalue weighted by Gasteiger charge is -2.50. The number of benzene rings is 1. The first-order valence-electron chi connectivity index (χ1n) is 14.8. The molecule has 7 rings (SSSR count). The average molecular weight is 595 g/mol. The van der Waals surface area contributed by atoms with Gasteiger partial charge in [-0.2, -0.15) is 0 Å². The van der Waals surface area contributed by atoms with E-state index in [1.807, 2.05) is 25.1 Å². The van der Waals surface area contributed by atoms with Crippen molar-refractivity contribution in [2.75, 3.05) is 32.1 Å². The second kappa shape index (κ2) is 11.0. The molecular formula is C29H38N8O6. The number of imidazole rings is 2. The summed E-state index contributed by atoms with van der Waals surface area (Å²) in [5, 5.41) is 40.8. The van der Waals surface area contributed by atoms with Crippen molar-refractivity contribution < 1.29 is 29.9 Å². The molecule has 0 radical (unpaired) electrons. The Balaban J connectivity index is 0.969. The number of nitrogen functional groups attached to an aromatic ring is 1. The number of fused-ring (bicyclic) bond motifs is 3. The normalized spacial score (nSPS) is 29.7. The van der Waals surface area contributed by atoms with E-state index in [1.165, 1.54) is 6.33 Å². The highest BCUT2D eigenvalue weighted by Crippen LogP contribution is 2.42. The van der Waals surface area contributed by atoms with E-state index in [0.29, 0.717) is 23.6 Å². The second-order valence-electron chi connectivity index (χ2n) is 12.4. The molecule has 14 nitrogen and oxygen atoms in total. The number of aryl methyl sites for hydroxylation is 1. The van der Waals surface area contributed by atoms with Gasteiger partial charge in [-0.15, -0.1) is 0 Å². The molecule has 2 saturated heterocycles. The average Bonchev–Trinajstić information content (AvgIpc) is 3.70. The summed E-state index contributed by atoms with van der Waals surface area (Å²) >= 11 is 0. The van der Waals surface area contributed by atoms with Crippen molar-refractivity contribution in [1.82, 2.24) is 34.4 Å². The lowest BCUT2D eigenvalue weighted by molar-refractivity contribution is -0.217. The van der Waals surface area contributed by atoms with Gasteiger partial charge in [0.05, 0.1) is 37.2 Å². The molecule has 3 aliphatic rings. The van der Waals surface area contributed by atoms with Gasteiger partial charge in [0.2, 0.25) is 0 Å². The van der Waals surface area contributed by atoms with Crippen LogP contribution in [0.4, 0.5) is 5.82 Å². The van der Waals surface area contributed by atoms with Gasteiger partial charge in [0.25, 0.3) is 0 Å². The van der Waals surface area contributed by atoms with Gasteiger partial charge in [-0.3, -0.25) is 9.47 Å². The van der Waals surface area contributed by atoms with E-state index in [1.54, 1.807) is 10.9 Å². The fourth-order valence-corrected chi connectivity index (χ4v) is 6.77. The first-order valence-corrected chi connectivity index (χ1v) is 14.8. The molecule has 43 heavy (non-hydrogen) atoms. The van der Waals surface area contributed by atoms with Gasteiger partial charge < -0.3 is 40.6 Å². The number of rotatable bonds is 9. The van der Waals surface area contributed by atoms with Gasteiger partial charge >= 0.3 is 0 Å². The van der Waals surface area contributed by atoms with E-state index in [-0.39, 0.29) is 37.8 Å². The standard InChI is InChI=1S/C29H38N8O6/c1-29(11-39,12-40)16-3-4-18-19(8-16)35-21(34-18)5-2-15-6-17(7-15)36-9-20-25(43-22(36)10-38)24(41)28(42-20)37-14-33-23-26(30)31-13-32-27(23)37/h3-4,8,13-15,17,20,22,24-25,28,38-41H,2,5-7,9-12H2,1H3,(H,34,35)(H2,30,31,32)/t15?,17?,20-,22?,24-,25-,28-/m1/s1. The van der Waals surface area contributed by atoms with Crippen molar-refractivity contribution in [2.24, 2.45) is 5.92 Å². The Bertz CT molecular complexity index is 1600. The van der Waals surface area contributed by atoms with Crippen LogP contribution in [0.1, 0.15) is 43.8 Å². The minimum Gasteiger partial charge on any atom is -0.395 e. The van der Waals surface area contributed by atoms with Crippen molar-refractivity contribution in [3.05, 3.63) is 42.2 Å². The van der Waals surface area contributed by atoms with Crippen LogP contribution in [0.15, 0.2) is 30.9 Å². The monoisotopic (exact) mass is 594 g/mol. The summed E-state index contributed by atoms with van der Waals surface area (Å²) in [6.45, 7) is 1.92. The molecular weight excluding hydrogens is 556 g/mol. The van der Waals surface area contributed by atoms with Gasteiger partial charge in [-0.25, -0.2) is 19.9 Å². The SMILES string of the molecule is CC(CO)(CO)c1ccc2nc(CCC3CC(N4C[C@H]5O[C@@H](n6cnc7c(N)ncnc76)[C@H](O)[C@@H]5OC4CO)C3)[nH]c2c1. The molecule has 0 amide bonds. The van der Waals surface area contributed by atoms with Crippen molar-refractivity contribution in [1.29, 1.82) is 0 Å². The van der Waals surface area contributed by atoms with Crippen LogP contribution in [0.3, 0.4) is 0 Å². The largest absolute Gasteiger partial charge is 0.395 e. The van der Waals surface area contributed by atoms with Crippen molar-refractivity contribution in [3.63, 3.8) is 0 Å². The van der Waals surface area contributed by atoms with Crippen LogP contribution in [0, 0.1) is 5.92 Å². The highest BCUT2D eigenvalue weighted by molar-refractivity contribution is 5.81. The Morgan fingerprint density at radius 2 is 1.93 bits per heavy atom. The Hall–Kier alpha value is -3.24. The van der Waals surface area contributed by atoms with E-state index in [2.05, 4.69) is 24.8 Å². The molecule has 1 aromatic carbocycles. The highest BCUT2D eigenvalue weighted by Gasteiger charge is 2.53. The first-order chi connectivity index (χ1) is 20.8. The summed E-state index contributed by atoms with van der Waals surface area (Å²) in [6.07, 6.45) is 3.44. The minimum absolute atomic E-state index is 0.139. The summed E-state index contributed by atoms with van der Waals surface area (Å²) in [6, 6.07) is 6.05. The maximum atomic E-state index is 11.1. The fourth-order valence-electron chi connectivity index (χ4n) is 6.77. The quantitative estimate of drug-likeness (QED) is 0.154. The van der Waals surface area contributed by atoms with Gasteiger partial charge in [-0.05, 0) is 42.9 Å². The molecule has 2 aliphatic heterocycles. The number of aliphatic hydroxyl groups is 4. The molecule has 1 saturated carbocycles. The smallest absolute Gasteiger partial charge is 0.167 e. The Morgan fingerprint density at radius 3 is 2.70 bits per heavy atom. The third kappa shape index (κ3) is 4.86. The summed E-state index contributed by atoms with van der Waals surface area (Å²) in [5.74, 6) is 1.69. The first kappa shape index (κ1) is 28.5. The molecule has 14 heteroatoms. The number of ether oxygens (including phenoxy) is 2. The number of H-pyrrole nitrogens is 1. The van der Waals surface area contributed by atoms with E-state index >= 15 is 0 Å². The molecule has 7 N–H and O–H groups in total. The van der Waals surface area contributed by atoms with Crippen LogP contribution in [0.5, 0.6) is 0 Å². The Labute approximate surface area is 247 Å². The van der Waals surface area contributed by atoms with E-state index in [9.17, 15) is 20.4 Å². The molecule has 1 unspecified atom stereocenters. The number of anilines is 1. The predicted octanol–water partition coefficient (Wildman–Crippen LogP) is 0.216. The number of aromatic nitrogens is 6. The second-order valence-corrected chi connectivity index (χ2v) is 12.4. The summed E-state index contributed by atoms with van der Waals surface area (Å²) in [4.78, 5) is 22.9. The lowest BCUT2D eigenvalue weighted by Crippen LogP contribution is -2.61. The van der Waals surface area contributed by atoms with Crippen LogP contribution >= 0.6 is 0 Å². The van der Waals surface area contributed by atoms with Crippen molar-refractivity contribution in [3.8, 4) is 0 Å². The predicted molar refractivity (Wildman–Crippen MR) is 155 cm³/mol. The van der Waals surface area contributed by atoms with Gasteiger partial charge in [0, 0.05) is 24.4 Å². The molecule has 5 atom stereocenters. The molecule has 3 aromatic heterocycles. The number of hydrogen-bond donors (Lipinski definition) is 6. The third-order valence-corrected chi connectivity index (χ3v) is 9.60. The number of nitrogens with two attached hydrogens (primary N) is 1. The topological polar surface area (TPSA) is 201 Å². The van der Waals surface area contributed by atoms with Gasteiger partial charge in [-0.1, -0.05) is 13.0 Å². The molecule has 0 bridgehead atoms. The fraction of sp³-hybridized carbons (Fsp3) is 0.586. The lowest BCUT2D eigenvalue weighted by atomic mass is 9.76. The maximum Gasteiger partial charge on any atom is 0.167 e. The molecule has 4 aromatic rings. The van der Waals surface area contributed by atoms with Gasteiger partial charge in [0.15, 0.2) is 17.7 Å². The Kier molecular flexibility index (Phi) is 7.32. The molecule has 1 aliphatic carbocycles. The number of aliphatic hydroxyl groups excluding tert-OH is 4. The van der Waals surface area contributed by atoms with E-state index in [4.69, 9.17) is 20.2 Å². The summed E-state index contributed by atoms with van der Waals surface area (Å²) < 4.78 is 14.2. The third-order valence-electron chi connectivity index (χ3n) is 9.60. The summed E-state index contributed by atoms with van der Waals surface area (Å²) in [7, 11) is 0. The zero-order valence-electron chi connectivity index (χ0n) is 24.0. The van der Waals surface area contributed by atoms with Crippen LogP contribution in [-0.4, -0.2) is 112 Å². The van der Waals surface area contributed by atoms with Crippen molar-refractivity contribution in [2.45, 2.75) is 74.8 Å². The van der Waals surface area contributed by atoms with Crippen LogP contribution in [0.2, 0.25) is 0 Å². The van der Waals surface area contributed by atoms with Crippen LogP contribution in [0.25, 0.3) is 22.2 Å². The number of aromatic amines is 1. The molecule has 230 valence electrons. The number of nitrogens with one attached hydrogen (secondary N) is 1. The molecule has 0 spiro atoms. The van der Waals surface area contributed by atoms with Crippen molar-refractivity contribution >= 4 is 28.0 Å². The minimum atomic E-state index is -0.968. The Morgan fingerprint density at radius 1 is 1.12 bits per heavy atom. The maximum absolute atomic E-state index is 11.1. The van der Waals surface area contributed by atoms with E-state index < -0.39 is 30.1 Å². The van der Waals surface area contributed by atoms with Gasteiger partial charge in [0.1, 0.15) is 42.2 Å². The zero-order chi connectivity index (χ0) is 29.9. The molecule has 5 heterocycles. The summed E-state index contributed by atoms with van der Waals surface area (Å²) in [5.41, 5.74) is 8.79. The number of hydrogen-bond acceptors (Lipinski definition) is 12. The molecule has 3 fully saturated rings.